The Kier molecular flexibility index (Phi) is 2.70. The van der Waals surface area contributed by atoms with Gasteiger partial charge in [-0.3, -0.25) is 4.57 Å². The first kappa shape index (κ1) is 11.5. The quantitative estimate of drug-likeness (QED) is 0.869. The highest BCUT2D eigenvalue weighted by Gasteiger charge is 2.23. The molecule has 1 unspecified atom stereocenters. The van der Waals surface area contributed by atoms with Crippen LogP contribution in [0.4, 0.5) is 5.95 Å². The van der Waals surface area contributed by atoms with Crippen LogP contribution in [0.2, 0.25) is 0 Å². The lowest BCUT2D eigenvalue weighted by Gasteiger charge is -2.20. The highest BCUT2D eigenvalue weighted by atomic mass is 15.2. The summed E-state index contributed by atoms with van der Waals surface area (Å²) in [5.41, 5.74) is 9.01. The fourth-order valence-corrected chi connectivity index (χ4v) is 2.76. The van der Waals surface area contributed by atoms with Crippen LogP contribution in [0.15, 0.2) is 12.3 Å². The van der Waals surface area contributed by atoms with Crippen LogP contribution in [-0.2, 0) is 6.54 Å². The molecule has 0 aromatic carbocycles. The third-order valence-electron chi connectivity index (χ3n) is 3.93. The lowest BCUT2D eigenvalue weighted by atomic mass is 10.2. The topological polar surface area (TPSA) is 60.0 Å². The molecule has 1 aliphatic rings. The summed E-state index contributed by atoms with van der Waals surface area (Å²) in [7, 11) is 2.17. The Labute approximate surface area is 107 Å². The second-order valence-electron chi connectivity index (χ2n) is 5.16. The molecule has 0 saturated carbocycles. The van der Waals surface area contributed by atoms with Crippen LogP contribution in [0, 0.1) is 6.92 Å². The van der Waals surface area contributed by atoms with Gasteiger partial charge in [0.2, 0.25) is 5.95 Å². The van der Waals surface area contributed by atoms with Gasteiger partial charge >= 0.3 is 0 Å². The molecule has 96 valence electrons. The van der Waals surface area contributed by atoms with Crippen LogP contribution in [0.1, 0.15) is 18.4 Å². The van der Waals surface area contributed by atoms with Crippen molar-refractivity contribution >= 4 is 17.1 Å². The van der Waals surface area contributed by atoms with Crippen LogP contribution in [0.3, 0.4) is 0 Å². The number of nitrogens with two attached hydrogens (primary N) is 1. The van der Waals surface area contributed by atoms with E-state index < -0.39 is 0 Å². The molecule has 0 bridgehead atoms. The summed E-state index contributed by atoms with van der Waals surface area (Å²) in [6.07, 6.45) is 4.31. The second-order valence-corrected chi connectivity index (χ2v) is 5.16. The second kappa shape index (κ2) is 4.24. The van der Waals surface area contributed by atoms with Crippen LogP contribution in [0.5, 0.6) is 0 Å². The molecule has 2 aromatic heterocycles. The van der Waals surface area contributed by atoms with E-state index >= 15 is 0 Å². The minimum atomic E-state index is 0.548. The Morgan fingerprint density at radius 2 is 2.33 bits per heavy atom. The summed E-state index contributed by atoms with van der Waals surface area (Å²) in [6.45, 7) is 4.10. The fourth-order valence-electron chi connectivity index (χ4n) is 2.76. The van der Waals surface area contributed by atoms with E-state index in [-0.39, 0.29) is 0 Å². The highest BCUT2D eigenvalue weighted by Crippen LogP contribution is 2.23. The van der Waals surface area contributed by atoms with Crippen molar-refractivity contribution in [2.75, 3.05) is 19.3 Å². The van der Waals surface area contributed by atoms with Crippen LogP contribution >= 0.6 is 0 Å². The molecule has 1 fully saturated rings. The maximum absolute atomic E-state index is 6.04. The van der Waals surface area contributed by atoms with E-state index in [9.17, 15) is 0 Å². The zero-order valence-corrected chi connectivity index (χ0v) is 10.9. The Morgan fingerprint density at radius 1 is 1.50 bits per heavy atom. The number of hydrogen-bond donors (Lipinski definition) is 1. The number of likely N-dealkylation sites (tertiary alicyclic amines) is 1. The Hall–Kier alpha value is -1.62. The van der Waals surface area contributed by atoms with Crippen LogP contribution in [-0.4, -0.2) is 39.1 Å². The minimum absolute atomic E-state index is 0.548. The van der Waals surface area contributed by atoms with Crippen LogP contribution < -0.4 is 5.73 Å². The van der Waals surface area contributed by atoms with Gasteiger partial charge in [0.15, 0.2) is 5.65 Å². The molecule has 5 nitrogen and oxygen atoms in total. The highest BCUT2D eigenvalue weighted by molar-refractivity contribution is 5.77. The van der Waals surface area contributed by atoms with Gasteiger partial charge in [0.05, 0.1) is 0 Å². The van der Waals surface area contributed by atoms with Crippen molar-refractivity contribution in [3.8, 4) is 0 Å². The van der Waals surface area contributed by atoms with Gasteiger partial charge in [-0.1, -0.05) is 0 Å². The SMILES string of the molecule is Cc1ccnc2c1nc(N)n2CC1CCCN1C. The molecule has 18 heavy (non-hydrogen) atoms. The van der Waals surface area contributed by atoms with Crippen molar-refractivity contribution in [2.45, 2.75) is 32.4 Å². The Morgan fingerprint density at radius 3 is 3.06 bits per heavy atom. The van der Waals surface area contributed by atoms with Gasteiger partial charge in [0.1, 0.15) is 5.52 Å². The smallest absolute Gasteiger partial charge is 0.202 e. The van der Waals surface area contributed by atoms with Crippen molar-refractivity contribution in [2.24, 2.45) is 0 Å². The molecule has 1 aliphatic heterocycles. The minimum Gasteiger partial charge on any atom is -0.369 e. The summed E-state index contributed by atoms with van der Waals surface area (Å²) in [5, 5.41) is 0. The predicted molar refractivity (Wildman–Crippen MR) is 72.3 cm³/mol. The molecule has 0 spiro atoms. The number of pyridine rings is 1. The fraction of sp³-hybridized carbons (Fsp3) is 0.538. The van der Waals surface area contributed by atoms with E-state index in [2.05, 4.69) is 26.5 Å². The number of rotatable bonds is 2. The molecule has 3 heterocycles. The number of nitrogens with zero attached hydrogens (tertiary/aromatic N) is 4. The molecule has 3 rings (SSSR count). The molecule has 0 aliphatic carbocycles. The average Bonchev–Trinajstić information content (AvgIpc) is 2.87. The van der Waals surface area contributed by atoms with Crippen molar-refractivity contribution in [3.63, 3.8) is 0 Å². The standard InChI is InChI=1S/C13H19N5/c1-9-5-6-15-12-11(9)16-13(14)18(12)8-10-4-3-7-17(10)2/h5-6,10H,3-4,7-8H2,1-2H3,(H2,14,16). The number of anilines is 1. The average molecular weight is 245 g/mol. The summed E-state index contributed by atoms with van der Waals surface area (Å²) < 4.78 is 2.05. The largest absolute Gasteiger partial charge is 0.369 e. The van der Waals surface area contributed by atoms with E-state index in [4.69, 9.17) is 5.73 Å². The van der Waals surface area contributed by atoms with E-state index in [1.54, 1.807) is 0 Å². The number of likely N-dealkylation sites (N-methyl/N-ethyl adjacent to an activating group) is 1. The first-order valence-electron chi connectivity index (χ1n) is 6.44. The van der Waals surface area contributed by atoms with Gasteiger partial charge in [-0.25, -0.2) is 9.97 Å². The zero-order chi connectivity index (χ0) is 12.7. The molecular formula is C13H19N5. The summed E-state index contributed by atoms with van der Waals surface area (Å²) in [4.78, 5) is 11.3. The van der Waals surface area contributed by atoms with Gasteiger partial charge in [0.25, 0.3) is 0 Å². The van der Waals surface area contributed by atoms with Crippen molar-refractivity contribution in [1.82, 2.24) is 19.4 Å². The van der Waals surface area contributed by atoms with E-state index in [1.807, 2.05) is 19.2 Å². The number of aryl methyl sites for hydroxylation is 1. The lowest BCUT2D eigenvalue weighted by molar-refractivity contribution is 0.285. The summed E-state index contributed by atoms with van der Waals surface area (Å²) in [6, 6.07) is 2.52. The molecule has 0 radical (unpaired) electrons. The van der Waals surface area contributed by atoms with Crippen LogP contribution in [0.25, 0.3) is 11.2 Å². The van der Waals surface area contributed by atoms with Gasteiger partial charge < -0.3 is 10.6 Å². The van der Waals surface area contributed by atoms with E-state index in [0.717, 1.165) is 23.3 Å². The number of fused-ring (bicyclic) bond motifs is 1. The predicted octanol–water partition coefficient (Wildman–Crippen LogP) is 1.42. The maximum Gasteiger partial charge on any atom is 0.202 e. The van der Waals surface area contributed by atoms with Gasteiger partial charge in [-0.05, 0) is 45.0 Å². The maximum atomic E-state index is 6.04. The molecule has 1 saturated heterocycles. The molecule has 2 N–H and O–H groups in total. The molecule has 2 aromatic rings. The summed E-state index contributed by atoms with van der Waals surface area (Å²) in [5.74, 6) is 0.576. The number of nitrogen functional groups attached to an aromatic ring is 1. The van der Waals surface area contributed by atoms with Crippen molar-refractivity contribution in [3.05, 3.63) is 17.8 Å². The number of imidazole rings is 1. The third-order valence-corrected chi connectivity index (χ3v) is 3.93. The first-order chi connectivity index (χ1) is 8.66. The summed E-state index contributed by atoms with van der Waals surface area (Å²) >= 11 is 0. The van der Waals surface area contributed by atoms with Gasteiger partial charge in [-0.15, -0.1) is 0 Å². The number of hydrogen-bond acceptors (Lipinski definition) is 4. The molecule has 5 heteroatoms. The normalized spacial score (nSPS) is 20.9. The van der Waals surface area contributed by atoms with E-state index in [0.29, 0.717) is 12.0 Å². The zero-order valence-electron chi connectivity index (χ0n) is 10.9. The van der Waals surface area contributed by atoms with Gasteiger partial charge in [-0.2, -0.15) is 0 Å². The van der Waals surface area contributed by atoms with Crippen molar-refractivity contribution in [1.29, 1.82) is 0 Å². The molecule has 1 atom stereocenters. The lowest BCUT2D eigenvalue weighted by Crippen LogP contribution is -2.29. The van der Waals surface area contributed by atoms with Crippen molar-refractivity contribution < 1.29 is 0 Å². The van der Waals surface area contributed by atoms with E-state index in [1.165, 1.54) is 19.4 Å². The third kappa shape index (κ3) is 1.75. The van der Waals surface area contributed by atoms with Gasteiger partial charge in [0, 0.05) is 18.8 Å². The Bertz CT molecular complexity index is 574. The first-order valence-corrected chi connectivity index (χ1v) is 6.44. The molecule has 0 amide bonds. The Balaban J connectivity index is 2.01. The molecular weight excluding hydrogens is 226 g/mol. The number of aromatic nitrogens is 3. The monoisotopic (exact) mass is 245 g/mol.